The number of hydrogen-bond acceptors (Lipinski definition) is 4. The fourth-order valence-electron chi connectivity index (χ4n) is 1.51. The SMILES string of the molecule is COCCCNC(=O)C(C)NCc1ccnn1C. The molecule has 6 nitrogen and oxygen atoms in total. The Morgan fingerprint density at radius 3 is 3.00 bits per heavy atom. The minimum atomic E-state index is -0.220. The molecule has 0 aliphatic heterocycles. The molecule has 1 aromatic rings. The molecule has 0 radical (unpaired) electrons. The summed E-state index contributed by atoms with van der Waals surface area (Å²) in [6.07, 6.45) is 2.57. The van der Waals surface area contributed by atoms with Crippen LogP contribution in [0.5, 0.6) is 0 Å². The number of amides is 1. The van der Waals surface area contributed by atoms with Crippen LogP contribution in [0.1, 0.15) is 19.0 Å². The van der Waals surface area contributed by atoms with Gasteiger partial charge in [-0.2, -0.15) is 5.10 Å². The summed E-state index contributed by atoms with van der Waals surface area (Å²) in [4.78, 5) is 11.7. The number of ether oxygens (including phenoxy) is 1. The Bertz CT molecular complexity index is 365. The number of aryl methyl sites for hydroxylation is 1. The third-order valence-corrected chi connectivity index (χ3v) is 2.73. The molecule has 0 saturated carbocycles. The van der Waals surface area contributed by atoms with E-state index < -0.39 is 0 Å². The molecule has 1 atom stereocenters. The fourth-order valence-corrected chi connectivity index (χ4v) is 1.51. The molecule has 0 fully saturated rings. The lowest BCUT2D eigenvalue weighted by Gasteiger charge is -2.14. The zero-order chi connectivity index (χ0) is 13.4. The van der Waals surface area contributed by atoms with Crippen molar-refractivity contribution >= 4 is 5.91 Å². The molecule has 0 aliphatic carbocycles. The molecule has 1 heterocycles. The summed E-state index contributed by atoms with van der Waals surface area (Å²) < 4.78 is 6.71. The van der Waals surface area contributed by atoms with Crippen LogP contribution in [0.3, 0.4) is 0 Å². The molecular formula is C12H22N4O2. The first kappa shape index (κ1) is 14.7. The van der Waals surface area contributed by atoms with Gasteiger partial charge in [0.15, 0.2) is 0 Å². The van der Waals surface area contributed by atoms with E-state index in [-0.39, 0.29) is 11.9 Å². The maximum absolute atomic E-state index is 11.7. The number of rotatable bonds is 8. The largest absolute Gasteiger partial charge is 0.385 e. The Morgan fingerprint density at radius 1 is 1.61 bits per heavy atom. The molecule has 0 bridgehead atoms. The molecular weight excluding hydrogens is 232 g/mol. The molecule has 1 rings (SSSR count). The lowest BCUT2D eigenvalue weighted by atomic mass is 10.3. The topological polar surface area (TPSA) is 68.2 Å². The van der Waals surface area contributed by atoms with Gasteiger partial charge in [0.1, 0.15) is 0 Å². The minimum absolute atomic E-state index is 0.00766. The van der Waals surface area contributed by atoms with Gasteiger partial charge in [0.2, 0.25) is 5.91 Å². The van der Waals surface area contributed by atoms with Crippen LogP contribution in [0.15, 0.2) is 12.3 Å². The summed E-state index contributed by atoms with van der Waals surface area (Å²) in [6.45, 7) is 3.78. The van der Waals surface area contributed by atoms with Crippen molar-refractivity contribution in [1.82, 2.24) is 20.4 Å². The van der Waals surface area contributed by atoms with Gasteiger partial charge in [0, 0.05) is 40.1 Å². The van der Waals surface area contributed by atoms with E-state index >= 15 is 0 Å². The van der Waals surface area contributed by atoms with E-state index in [1.54, 1.807) is 18.0 Å². The van der Waals surface area contributed by atoms with Crippen LogP contribution in [-0.2, 0) is 23.1 Å². The van der Waals surface area contributed by atoms with Crippen molar-refractivity contribution in [2.45, 2.75) is 25.9 Å². The molecule has 1 aromatic heterocycles. The summed E-state index contributed by atoms with van der Waals surface area (Å²) in [5.41, 5.74) is 1.05. The van der Waals surface area contributed by atoms with Gasteiger partial charge in [-0.1, -0.05) is 0 Å². The average Bonchev–Trinajstić information content (AvgIpc) is 2.77. The van der Waals surface area contributed by atoms with Gasteiger partial charge in [-0.3, -0.25) is 9.48 Å². The molecule has 0 saturated heterocycles. The van der Waals surface area contributed by atoms with Gasteiger partial charge >= 0.3 is 0 Å². The van der Waals surface area contributed by atoms with Crippen LogP contribution in [-0.4, -0.2) is 42.0 Å². The molecule has 0 aliphatic rings. The van der Waals surface area contributed by atoms with Gasteiger partial charge in [-0.15, -0.1) is 0 Å². The molecule has 2 N–H and O–H groups in total. The van der Waals surface area contributed by atoms with Crippen molar-refractivity contribution in [2.75, 3.05) is 20.3 Å². The molecule has 0 aromatic carbocycles. The fraction of sp³-hybridized carbons (Fsp3) is 0.667. The first-order chi connectivity index (χ1) is 8.65. The number of carbonyl (C=O) groups is 1. The van der Waals surface area contributed by atoms with Crippen molar-refractivity contribution in [2.24, 2.45) is 7.05 Å². The second-order valence-electron chi connectivity index (χ2n) is 4.19. The molecule has 6 heteroatoms. The minimum Gasteiger partial charge on any atom is -0.385 e. The van der Waals surface area contributed by atoms with Gasteiger partial charge in [0.25, 0.3) is 0 Å². The van der Waals surface area contributed by atoms with Gasteiger partial charge in [-0.25, -0.2) is 0 Å². The number of methoxy groups -OCH3 is 1. The summed E-state index contributed by atoms with van der Waals surface area (Å²) in [7, 11) is 3.53. The summed E-state index contributed by atoms with van der Waals surface area (Å²) in [5, 5.41) is 10.1. The van der Waals surface area contributed by atoms with Crippen LogP contribution in [0.2, 0.25) is 0 Å². The maximum atomic E-state index is 11.7. The van der Waals surface area contributed by atoms with Crippen LogP contribution >= 0.6 is 0 Å². The summed E-state index contributed by atoms with van der Waals surface area (Å²) in [6, 6.07) is 1.71. The Kier molecular flexibility index (Phi) is 6.38. The monoisotopic (exact) mass is 254 g/mol. The van der Waals surface area contributed by atoms with Crippen molar-refractivity contribution < 1.29 is 9.53 Å². The highest BCUT2D eigenvalue weighted by Crippen LogP contribution is 1.96. The highest BCUT2D eigenvalue weighted by atomic mass is 16.5. The first-order valence-electron chi connectivity index (χ1n) is 6.12. The Balaban J connectivity index is 2.21. The number of hydrogen-bond donors (Lipinski definition) is 2. The predicted octanol–water partition coefficient (Wildman–Crippen LogP) is 0.0509. The lowest BCUT2D eigenvalue weighted by Crippen LogP contribution is -2.42. The molecule has 1 amide bonds. The zero-order valence-electron chi connectivity index (χ0n) is 11.3. The molecule has 18 heavy (non-hydrogen) atoms. The van der Waals surface area contributed by atoms with E-state index in [0.717, 1.165) is 12.1 Å². The van der Waals surface area contributed by atoms with Crippen molar-refractivity contribution in [3.05, 3.63) is 18.0 Å². The number of aromatic nitrogens is 2. The van der Waals surface area contributed by atoms with E-state index in [1.165, 1.54) is 0 Å². The maximum Gasteiger partial charge on any atom is 0.236 e. The van der Waals surface area contributed by atoms with E-state index in [9.17, 15) is 4.79 Å². The summed E-state index contributed by atoms with van der Waals surface area (Å²) in [5.74, 6) is 0.00766. The summed E-state index contributed by atoms with van der Waals surface area (Å²) >= 11 is 0. The van der Waals surface area contributed by atoms with Crippen LogP contribution < -0.4 is 10.6 Å². The second kappa shape index (κ2) is 7.84. The lowest BCUT2D eigenvalue weighted by molar-refractivity contribution is -0.122. The molecule has 1 unspecified atom stereocenters. The van der Waals surface area contributed by atoms with Gasteiger partial charge in [-0.05, 0) is 19.4 Å². The average molecular weight is 254 g/mol. The molecule has 102 valence electrons. The Morgan fingerprint density at radius 2 is 2.39 bits per heavy atom. The van der Waals surface area contributed by atoms with Crippen molar-refractivity contribution in [3.8, 4) is 0 Å². The Labute approximate surface area is 108 Å². The normalized spacial score (nSPS) is 12.4. The van der Waals surface area contributed by atoms with Crippen LogP contribution in [0.25, 0.3) is 0 Å². The van der Waals surface area contributed by atoms with Gasteiger partial charge in [0.05, 0.1) is 11.7 Å². The van der Waals surface area contributed by atoms with Gasteiger partial charge < -0.3 is 15.4 Å². The van der Waals surface area contributed by atoms with Crippen molar-refractivity contribution in [3.63, 3.8) is 0 Å². The number of carbonyl (C=O) groups excluding carboxylic acids is 1. The standard InChI is InChI=1S/C12H22N4O2/c1-10(12(17)13-6-4-8-18-3)14-9-11-5-7-15-16(11)2/h5,7,10,14H,4,6,8-9H2,1-3H3,(H,13,17). The van der Waals surface area contributed by atoms with E-state index in [4.69, 9.17) is 4.74 Å². The number of nitrogens with one attached hydrogen (secondary N) is 2. The quantitative estimate of drug-likeness (QED) is 0.643. The number of nitrogens with zero attached hydrogens (tertiary/aromatic N) is 2. The highest BCUT2D eigenvalue weighted by molar-refractivity contribution is 5.81. The highest BCUT2D eigenvalue weighted by Gasteiger charge is 2.11. The third kappa shape index (κ3) is 4.85. The van der Waals surface area contributed by atoms with Crippen LogP contribution in [0, 0.1) is 0 Å². The second-order valence-corrected chi connectivity index (χ2v) is 4.19. The van der Waals surface area contributed by atoms with E-state index in [1.807, 2.05) is 20.0 Å². The first-order valence-corrected chi connectivity index (χ1v) is 6.12. The van der Waals surface area contributed by atoms with E-state index in [0.29, 0.717) is 19.7 Å². The zero-order valence-corrected chi connectivity index (χ0v) is 11.3. The Hall–Kier alpha value is -1.40. The molecule has 0 spiro atoms. The van der Waals surface area contributed by atoms with Crippen molar-refractivity contribution in [1.29, 1.82) is 0 Å². The predicted molar refractivity (Wildman–Crippen MR) is 69.0 cm³/mol. The van der Waals surface area contributed by atoms with E-state index in [2.05, 4.69) is 15.7 Å². The smallest absolute Gasteiger partial charge is 0.236 e. The van der Waals surface area contributed by atoms with Crippen LogP contribution in [0.4, 0.5) is 0 Å². The third-order valence-electron chi connectivity index (χ3n) is 2.73.